The number of carboxylic acids is 1. The third-order valence-corrected chi connectivity index (χ3v) is 4.91. The van der Waals surface area contributed by atoms with Crippen molar-refractivity contribution in [2.75, 3.05) is 0 Å². The van der Waals surface area contributed by atoms with Gasteiger partial charge < -0.3 is 9.52 Å². The second kappa shape index (κ2) is 6.55. The summed E-state index contributed by atoms with van der Waals surface area (Å²) in [5.41, 5.74) is 0.627. The standard InChI is InChI=1S/C14H18N2O6S/c1-3-5-10(13(17)18)15-23(20,21)9-6-7-11-12(8-9)22-14(19)16(11)4-2/h6-8,10,15H,3-5H2,1-2H3,(H,17,18). The Labute approximate surface area is 132 Å². The number of aryl methyl sites for hydroxylation is 1. The Kier molecular flexibility index (Phi) is 4.90. The van der Waals surface area contributed by atoms with Gasteiger partial charge in [-0.15, -0.1) is 0 Å². The molecule has 2 aromatic rings. The van der Waals surface area contributed by atoms with E-state index in [4.69, 9.17) is 9.52 Å². The minimum atomic E-state index is -4.03. The molecule has 2 N–H and O–H groups in total. The van der Waals surface area contributed by atoms with E-state index in [1.165, 1.54) is 22.8 Å². The predicted molar refractivity (Wildman–Crippen MR) is 82.8 cm³/mol. The molecular formula is C14H18N2O6S. The minimum Gasteiger partial charge on any atom is -0.480 e. The highest BCUT2D eigenvalue weighted by Gasteiger charge is 2.25. The van der Waals surface area contributed by atoms with Gasteiger partial charge >= 0.3 is 11.7 Å². The number of carbonyl (C=O) groups is 1. The van der Waals surface area contributed by atoms with Gasteiger partial charge in [-0.3, -0.25) is 9.36 Å². The molecular weight excluding hydrogens is 324 g/mol. The van der Waals surface area contributed by atoms with E-state index in [1.54, 1.807) is 13.8 Å². The van der Waals surface area contributed by atoms with Gasteiger partial charge in [-0.05, 0) is 25.5 Å². The summed E-state index contributed by atoms with van der Waals surface area (Å²) in [4.78, 5) is 22.6. The molecule has 0 aliphatic heterocycles. The molecule has 0 bridgehead atoms. The molecule has 0 aliphatic carbocycles. The molecule has 9 heteroatoms. The fourth-order valence-electron chi connectivity index (χ4n) is 2.29. The van der Waals surface area contributed by atoms with Crippen molar-refractivity contribution in [1.29, 1.82) is 0 Å². The van der Waals surface area contributed by atoms with Crippen molar-refractivity contribution in [3.63, 3.8) is 0 Å². The zero-order valence-corrected chi connectivity index (χ0v) is 13.6. The summed E-state index contributed by atoms with van der Waals surface area (Å²) in [5, 5.41) is 9.07. The van der Waals surface area contributed by atoms with E-state index in [2.05, 4.69) is 4.72 Å². The monoisotopic (exact) mass is 342 g/mol. The van der Waals surface area contributed by atoms with Crippen molar-refractivity contribution in [3.8, 4) is 0 Å². The van der Waals surface area contributed by atoms with Gasteiger partial charge in [0.2, 0.25) is 10.0 Å². The van der Waals surface area contributed by atoms with E-state index in [0.717, 1.165) is 0 Å². The summed E-state index contributed by atoms with van der Waals surface area (Å²) in [5.74, 6) is -1.81. The van der Waals surface area contributed by atoms with Crippen LogP contribution < -0.4 is 10.5 Å². The Morgan fingerprint density at radius 2 is 2.09 bits per heavy atom. The molecule has 23 heavy (non-hydrogen) atoms. The number of aromatic nitrogens is 1. The molecule has 1 unspecified atom stereocenters. The first-order chi connectivity index (χ1) is 10.8. The molecule has 1 aromatic heterocycles. The van der Waals surface area contributed by atoms with E-state index in [9.17, 15) is 18.0 Å². The maximum atomic E-state index is 12.3. The van der Waals surface area contributed by atoms with Gasteiger partial charge in [-0.25, -0.2) is 13.2 Å². The summed E-state index contributed by atoms with van der Waals surface area (Å²) < 4.78 is 33.2. The maximum Gasteiger partial charge on any atom is 0.419 e. The summed E-state index contributed by atoms with van der Waals surface area (Å²) in [6, 6.07) is 2.80. The highest BCUT2D eigenvalue weighted by atomic mass is 32.2. The largest absolute Gasteiger partial charge is 0.480 e. The first kappa shape index (κ1) is 17.2. The molecule has 0 aliphatic rings. The lowest BCUT2D eigenvalue weighted by Crippen LogP contribution is -2.40. The van der Waals surface area contributed by atoms with Crippen LogP contribution in [0.25, 0.3) is 11.1 Å². The van der Waals surface area contributed by atoms with E-state index in [-0.39, 0.29) is 16.9 Å². The molecule has 1 aromatic carbocycles. The van der Waals surface area contributed by atoms with Crippen molar-refractivity contribution >= 4 is 27.1 Å². The quantitative estimate of drug-likeness (QED) is 0.779. The molecule has 2 rings (SSSR count). The molecule has 1 heterocycles. The number of nitrogens with zero attached hydrogens (tertiary/aromatic N) is 1. The lowest BCUT2D eigenvalue weighted by Gasteiger charge is -2.13. The van der Waals surface area contributed by atoms with Gasteiger partial charge in [-0.2, -0.15) is 4.72 Å². The van der Waals surface area contributed by atoms with Crippen LogP contribution in [0.15, 0.2) is 32.3 Å². The summed E-state index contributed by atoms with van der Waals surface area (Å²) in [7, 11) is -4.03. The average Bonchev–Trinajstić information content (AvgIpc) is 2.80. The Morgan fingerprint density at radius 1 is 1.39 bits per heavy atom. The zero-order valence-electron chi connectivity index (χ0n) is 12.8. The smallest absolute Gasteiger partial charge is 0.419 e. The molecule has 1 atom stereocenters. The number of rotatable bonds is 7. The fourth-order valence-corrected chi connectivity index (χ4v) is 3.53. The van der Waals surface area contributed by atoms with Gasteiger partial charge in [0, 0.05) is 12.6 Å². The first-order valence-electron chi connectivity index (χ1n) is 7.18. The van der Waals surface area contributed by atoms with E-state index in [0.29, 0.717) is 18.5 Å². The number of benzene rings is 1. The van der Waals surface area contributed by atoms with Crippen LogP contribution in [0.4, 0.5) is 0 Å². The van der Waals surface area contributed by atoms with E-state index >= 15 is 0 Å². The third kappa shape index (κ3) is 3.45. The lowest BCUT2D eigenvalue weighted by atomic mass is 10.2. The van der Waals surface area contributed by atoms with Gasteiger partial charge in [0.25, 0.3) is 0 Å². The van der Waals surface area contributed by atoms with Crippen LogP contribution in [0.3, 0.4) is 0 Å². The van der Waals surface area contributed by atoms with Crippen LogP contribution in [0.5, 0.6) is 0 Å². The normalized spacial score (nSPS) is 13.3. The SMILES string of the molecule is CCCC(NS(=O)(=O)c1ccc2c(c1)oc(=O)n2CC)C(=O)O. The second-order valence-electron chi connectivity index (χ2n) is 5.04. The number of sulfonamides is 1. The van der Waals surface area contributed by atoms with Gasteiger partial charge in [0.05, 0.1) is 10.4 Å². The van der Waals surface area contributed by atoms with E-state index in [1.807, 2.05) is 0 Å². The average molecular weight is 342 g/mol. The number of hydrogen-bond acceptors (Lipinski definition) is 5. The van der Waals surface area contributed by atoms with Crippen molar-refractivity contribution in [2.24, 2.45) is 0 Å². The molecule has 8 nitrogen and oxygen atoms in total. The molecule has 0 spiro atoms. The molecule has 0 amide bonds. The van der Waals surface area contributed by atoms with Crippen LogP contribution >= 0.6 is 0 Å². The topological polar surface area (TPSA) is 119 Å². The Balaban J connectivity index is 2.42. The number of fused-ring (bicyclic) bond motifs is 1. The van der Waals surface area contributed by atoms with Gasteiger partial charge in [-0.1, -0.05) is 13.3 Å². The molecule has 0 saturated heterocycles. The van der Waals surface area contributed by atoms with Crippen LogP contribution in [-0.2, 0) is 21.4 Å². The number of oxazole rings is 1. The van der Waals surface area contributed by atoms with Crippen LogP contribution in [0, 0.1) is 0 Å². The summed E-state index contributed by atoms with van der Waals surface area (Å²) in [6.07, 6.45) is 0.699. The second-order valence-corrected chi connectivity index (χ2v) is 6.76. The number of aliphatic carboxylic acids is 1. The highest BCUT2D eigenvalue weighted by molar-refractivity contribution is 7.89. The van der Waals surface area contributed by atoms with Gasteiger partial charge in [0.15, 0.2) is 5.58 Å². The van der Waals surface area contributed by atoms with Crippen LogP contribution in [0.1, 0.15) is 26.7 Å². The third-order valence-electron chi connectivity index (χ3n) is 3.44. The Bertz CT molecular complexity index is 880. The van der Waals surface area contributed by atoms with E-state index < -0.39 is 27.8 Å². The Hall–Kier alpha value is -2.13. The number of nitrogens with one attached hydrogen (secondary N) is 1. The van der Waals surface area contributed by atoms with Crippen molar-refractivity contribution < 1.29 is 22.7 Å². The fraction of sp³-hybridized carbons (Fsp3) is 0.429. The molecule has 0 fully saturated rings. The number of carboxylic acid groups (broad SMARTS) is 1. The Morgan fingerprint density at radius 3 is 2.65 bits per heavy atom. The van der Waals surface area contributed by atoms with Gasteiger partial charge in [0.1, 0.15) is 6.04 Å². The van der Waals surface area contributed by atoms with Crippen molar-refractivity contribution in [3.05, 3.63) is 28.7 Å². The minimum absolute atomic E-state index is 0.141. The van der Waals surface area contributed by atoms with Crippen molar-refractivity contribution in [2.45, 2.75) is 44.2 Å². The summed E-state index contributed by atoms with van der Waals surface area (Å²) in [6.45, 7) is 3.93. The van der Waals surface area contributed by atoms with Crippen LogP contribution in [0.2, 0.25) is 0 Å². The lowest BCUT2D eigenvalue weighted by molar-refractivity contribution is -0.139. The number of hydrogen-bond donors (Lipinski definition) is 2. The highest BCUT2D eigenvalue weighted by Crippen LogP contribution is 2.19. The van der Waals surface area contributed by atoms with Crippen LogP contribution in [-0.4, -0.2) is 30.1 Å². The predicted octanol–water partition coefficient (Wildman–Crippen LogP) is 1.15. The molecule has 0 radical (unpaired) electrons. The summed E-state index contributed by atoms with van der Waals surface area (Å²) >= 11 is 0. The maximum absolute atomic E-state index is 12.3. The molecule has 0 saturated carbocycles. The zero-order chi connectivity index (χ0) is 17.2. The van der Waals surface area contributed by atoms with Crippen molar-refractivity contribution in [1.82, 2.24) is 9.29 Å². The molecule has 126 valence electrons. The first-order valence-corrected chi connectivity index (χ1v) is 8.67.